The lowest BCUT2D eigenvalue weighted by molar-refractivity contribution is -0.143. The van der Waals surface area contributed by atoms with Crippen LogP contribution in [0.1, 0.15) is 52.5 Å². The fourth-order valence-corrected chi connectivity index (χ4v) is 4.81. The second-order valence-corrected chi connectivity index (χ2v) is 12.7. The second-order valence-electron chi connectivity index (χ2n) is 12.4. The topological polar surface area (TPSA) is 344 Å². The SMILES string of the molecule is CC[C@H](C)[C@H](NC(=O)[C@H](C)N)C(=O)N[C@@H](CC(N)=O)C(=O)N[C@@H](CS)C(=O)N[C@@H](Cc1ccc(O)cc1)C(=O)N[C@@H](C)C(=O)N[C@@H](CC(N)=O)C(=O)O. The Morgan fingerprint density at radius 2 is 1.13 bits per heavy atom. The van der Waals surface area contributed by atoms with Gasteiger partial charge < -0.3 is 59.3 Å². The molecule has 8 atom stereocenters. The summed E-state index contributed by atoms with van der Waals surface area (Å²) in [5.74, 6) is -9.75. The van der Waals surface area contributed by atoms with E-state index in [1.165, 1.54) is 38.1 Å². The molecule has 0 unspecified atom stereocenters. The molecule has 14 N–H and O–H groups in total. The Balaban J connectivity index is 3.25. The van der Waals surface area contributed by atoms with Gasteiger partial charge in [0, 0.05) is 12.2 Å². The van der Waals surface area contributed by atoms with Gasteiger partial charge in [-0.15, -0.1) is 0 Å². The van der Waals surface area contributed by atoms with Crippen molar-refractivity contribution in [2.75, 3.05) is 5.75 Å². The van der Waals surface area contributed by atoms with Crippen LogP contribution in [0.4, 0.5) is 0 Å². The quantitative estimate of drug-likeness (QED) is 0.0503. The van der Waals surface area contributed by atoms with Crippen LogP contribution in [0, 0.1) is 5.92 Å². The van der Waals surface area contributed by atoms with Gasteiger partial charge in [0.1, 0.15) is 42.0 Å². The van der Waals surface area contributed by atoms with E-state index in [0.29, 0.717) is 12.0 Å². The summed E-state index contributed by atoms with van der Waals surface area (Å²) in [5, 5.41) is 33.1. The summed E-state index contributed by atoms with van der Waals surface area (Å²) < 4.78 is 0. The molecule has 8 amide bonds. The van der Waals surface area contributed by atoms with Crippen LogP contribution in [0.15, 0.2) is 24.3 Å². The van der Waals surface area contributed by atoms with E-state index in [1.807, 2.05) is 0 Å². The molecule has 0 radical (unpaired) electrons. The number of rotatable bonds is 22. The third-order valence-electron chi connectivity index (χ3n) is 7.84. The molecule has 0 fully saturated rings. The van der Waals surface area contributed by atoms with Gasteiger partial charge in [-0.25, -0.2) is 4.79 Å². The summed E-state index contributed by atoms with van der Waals surface area (Å²) in [5.41, 5.74) is 16.4. The maximum absolute atomic E-state index is 13.5. The fourth-order valence-electron chi connectivity index (χ4n) is 4.55. The number of amides is 8. The van der Waals surface area contributed by atoms with Gasteiger partial charge in [0.25, 0.3) is 0 Å². The highest BCUT2D eigenvalue weighted by atomic mass is 32.1. The van der Waals surface area contributed by atoms with Crippen molar-refractivity contribution >= 4 is 65.9 Å². The van der Waals surface area contributed by atoms with Gasteiger partial charge in [-0.1, -0.05) is 32.4 Å². The van der Waals surface area contributed by atoms with E-state index in [-0.39, 0.29) is 17.9 Å². The third-order valence-corrected chi connectivity index (χ3v) is 8.21. The molecule has 0 aromatic heterocycles. The Hall–Kier alpha value is -5.44. The summed E-state index contributed by atoms with van der Waals surface area (Å²) in [6, 6.07) is -4.11. The molecule has 0 saturated heterocycles. The Kier molecular flexibility index (Phi) is 18.8. The number of benzene rings is 1. The van der Waals surface area contributed by atoms with Crippen molar-refractivity contribution in [3.8, 4) is 5.75 Å². The summed E-state index contributed by atoms with van der Waals surface area (Å²) >= 11 is 4.13. The van der Waals surface area contributed by atoms with Gasteiger partial charge in [0.05, 0.1) is 18.9 Å². The van der Waals surface area contributed by atoms with E-state index in [9.17, 15) is 53.4 Å². The van der Waals surface area contributed by atoms with Crippen LogP contribution in [0.3, 0.4) is 0 Å². The molecule has 0 bridgehead atoms. The molecule has 20 nitrogen and oxygen atoms in total. The Bertz CT molecular complexity index is 1510. The number of carboxylic acid groups (broad SMARTS) is 1. The van der Waals surface area contributed by atoms with Gasteiger partial charge in [-0.05, 0) is 37.5 Å². The number of nitrogens with two attached hydrogens (primary N) is 3. The van der Waals surface area contributed by atoms with Crippen LogP contribution in [0.25, 0.3) is 0 Å². The zero-order valence-electron chi connectivity index (χ0n) is 29.7. The molecule has 1 aromatic rings. The van der Waals surface area contributed by atoms with Crippen LogP contribution in [0.5, 0.6) is 5.75 Å². The van der Waals surface area contributed by atoms with Crippen LogP contribution in [0.2, 0.25) is 0 Å². The molecule has 294 valence electrons. The standard InChI is InChI=1S/C32H49N9O11S/c1-5-14(2)25(41-26(45)15(3)33)31(50)38-20(11-23(34)43)29(48)40-22(13-53)30(49)37-19(10-17-6-8-18(42)9-7-17)28(47)36-16(4)27(46)39-21(32(51)52)12-24(35)44/h6-9,14-16,19-22,25,42,53H,5,10-13,33H2,1-4H3,(H2,34,43)(H2,35,44)(H,36,47)(H,37,49)(H,38,50)(H,39,46)(H,40,48)(H,41,45)(H,51,52)/t14-,15-,16-,19-,20-,21-,22-,25-/m0/s1. The Labute approximate surface area is 310 Å². The first kappa shape index (κ1) is 45.6. The van der Waals surface area contributed by atoms with Gasteiger partial charge in [-0.3, -0.25) is 38.4 Å². The maximum atomic E-state index is 13.5. The molecule has 0 saturated carbocycles. The predicted octanol–water partition coefficient (Wildman–Crippen LogP) is -3.98. The lowest BCUT2D eigenvalue weighted by atomic mass is 9.97. The lowest BCUT2D eigenvalue weighted by Crippen LogP contribution is -2.61. The molecule has 0 aliphatic carbocycles. The number of carbonyl (C=O) groups is 9. The van der Waals surface area contributed by atoms with Crippen molar-refractivity contribution in [2.45, 2.75) is 95.7 Å². The largest absolute Gasteiger partial charge is 0.508 e. The highest BCUT2D eigenvalue weighted by molar-refractivity contribution is 7.80. The first-order valence-corrected chi connectivity index (χ1v) is 17.1. The fraction of sp³-hybridized carbons (Fsp3) is 0.531. The number of hydrogen-bond donors (Lipinski definition) is 12. The lowest BCUT2D eigenvalue weighted by Gasteiger charge is -2.28. The number of carbonyl (C=O) groups excluding carboxylic acids is 8. The van der Waals surface area contributed by atoms with Crippen LogP contribution >= 0.6 is 12.6 Å². The zero-order chi connectivity index (χ0) is 40.6. The number of aromatic hydroxyl groups is 1. The van der Waals surface area contributed by atoms with Crippen molar-refractivity contribution in [2.24, 2.45) is 23.1 Å². The number of nitrogens with one attached hydrogen (secondary N) is 6. The highest BCUT2D eigenvalue weighted by Gasteiger charge is 2.34. The van der Waals surface area contributed by atoms with E-state index in [2.05, 4.69) is 44.5 Å². The average molecular weight is 768 g/mol. The molecule has 53 heavy (non-hydrogen) atoms. The number of primary amides is 2. The maximum Gasteiger partial charge on any atom is 0.326 e. The minimum absolute atomic E-state index is 0.0877. The van der Waals surface area contributed by atoms with E-state index in [4.69, 9.17) is 17.2 Å². The summed E-state index contributed by atoms with van der Waals surface area (Å²) in [6.45, 7) is 6.06. The molecule has 0 aliphatic rings. The number of thiol groups is 1. The van der Waals surface area contributed by atoms with Crippen molar-refractivity contribution in [1.29, 1.82) is 0 Å². The summed E-state index contributed by atoms with van der Waals surface area (Å²) in [6.07, 6.45) is -1.18. The first-order valence-electron chi connectivity index (χ1n) is 16.5. The summed E-state index contributed by atoms with van der Waals surface area (Å²) in [7, 11) is 0. The summed E-state index contributed by atoms with van der Waals surface area (Å²) in [4.78, 5) is 113. The number of phenolic OH excluding ortho intramolecular Hbond substituents is 1. The van der Waals surface area contributed by atoms with Gasteiger partial charge in [-0.2, -0.15) is 12.6 Å². The van der Waals surface area contributed by atoms with Crippen molar-refractivity contribution < 1.29 is 53.4 Å². The van der Waals surface area contributed by atoms with Crippen molar-refractivity contribution in [3.05, 3.63) is 29.8 Å². The van der Waals surface area contributed by atoms with Crippen molar-refractivity contribution in [1.82, 2.24) is 31.9 Å². The number of aliphatic carboxylic acids is 1. The smallest absolute Gasteiger partial charge is 0.326 e. The number of hydrogen-bond acceptors (Lipinski definition) is 12. The van der Waals surface area contributed by atoms with E-state index in [0.717, 1.165) is 0 Å². The third kappa shape index (κ3) is 15.8. The van der Waals surface area contributed by atoms with Gasteiger partial charge in [0.2, 0.25) is 47.3 Å². The van der Waals surface area contributed by atoms with Crippen molar-refractivity contribution in [3.63, 3.8) is 0 Å². The first-order chi connectivity index (χ1) is 24.7. The van der Waals surface area contributed by atoms with E-state index >= 15 is 0 Å². The minimum Gasteiger partial charge on any atom is -0.508 e. The van der Waals surface area contributed by atoms with Gasteiger partial charge >= 0.3 is 5.97 Å². The average Bonchev–Trinajstić information content (AvgIpc) is 3.08. The molecule has 1 rings (SSSR count). The molecule has 21 heteroatoms. The van der Waals surface area contributed by atoms with Crippen LogP contribution in [-0.2, 0) is 49.6 Å². The van der Waals surface area contributed by atoms with Gasteiger partial charge in [0.15, 0.2) is 0 Å². The van der Waals surface area contributed by atoms with Crippen LogP contribution in [-0.4, -0.2) is 111 Å². The molecular weight excluding hydrogens is 718 g/mol. The highest BCUT2D eigenvalue weighted by Crippen LogP contribution is 2.13. The molecule has 0 spiro atoms. The molecular formula is C32H49N9O11S. The van der Waals surface area contributed by atoms with E-state index in [1.54, 1.807) is 13.8 Å². The number of carboxylic acids is 1. The van der Waals surface area contributed by atoms with Crippen LogP contribution < -0.4 is 49.1 Å². The minimum atomic E-state index is -1.68. The zero-order valence-corrected chi connectivity index (χ0v) is 30.6. The Morgan fingerprint density at radius 3 is 1.62 bits per heavy atom. The molecule has 0 heterocycles. The van der Waals surface area contributed by atoms with E-state index < -0.39 is 114 Å². The monoisotopic (exact) mass is 767 g/mol. The molecule has 0 aliphatic heterocycles. The second kappa shape index (κ2) is 21.8. The Morgan fingerprint density at radius 1 is 0.660 bits per heavy atom. The normalized spacial score (nSPS) is 15.4. The molecule has 1 aromatic carbocycles. The number of phenols is 1. The predicted molar refractivity (Wildman–Crippen MR) is 191 cm³/mol.